The van der Waals surface area contributed by atoms with Crippen LogP contribution in [0.3, 0.4) is 0 Å². The molecule has 2 aromatic carbocycles. The van der Waals surface area contributed by atoms with Crippen molar-refractivity contribution >= 4 is 16.7 Å². The highest BCUT2D eigenvalue weighted by molar-refractivity contribution is 5.85. The van der Waals surface area contributed by atoms with E-state index in [-0.39, 0.29) is 11.9 Å². The molecule has 0 heterocycles. The van der Waals surface area contributed by atoms with Crippen LogP contribution in [0, 0.1) is 35.3 Å². The number of benzene rings is 2. The molecule has 0 aromatic heterocycles. The maximum atomic E-state index is 13.5. The summed E-state index contributed by atoms with van der Waals surface area (Å²) in [6.45, 7) is 2.09. The summed E-state index contributed by atoms with van der Waals surface area (Å²) in [7, 11) is 0. The second-order valence-corrected chi connectivity index (χ2v) is 9.74. The zero-order chi connectivity index (χ0) is 22.5. The molecule has 0 amide bonds. The molecule has 0 radical (unpaired) electrons. The lowest BCUT2D eigenvalue weighted by Gasteiger charge is -2.37. The number of carbonyl (C=O) groups is 1. The molecule has 0 bridgehead atoms. The van der Waals surface area contributed by atoms with Gasteiger partial charge in [-0.1, -0.05) is 31.1 Å². The Labute approximate surface area is 190 Å². The van der Waals surface area contributed by atoms with Crippen LogP contribution in [-0.4, -0.2) is 5.97 Å². The van der Waals surface area contributed by atoms with E-state index in [2.05, 4.69) is 19.1 Å². The van der Waals surface area contributed by atoms with Gasteiger partial charge in [-0.15, -0.1) is 0 Å². The normalized spacial score (nSPS) is 26.5. The van der Waals surface area contributed by atoms with Gasteiger partial charge in [0.2, 0.25) is 0 Å². The summed E-state index contributed by atoms with van der Waals surface area (Å²) in [5.74, 6) is 0.816. The van der Waals surface area contributed by atoms with Crippen LogP contribution >= 0.6 is 0 Å². The third kappa shape index (κ3) is 5.57. The van der Waals surface area contributed by atoms with Crippen molar-refractivity contribution in [3.05, 3.63) is 54.1 Å². The molecule has 0 aliphatic heterocycles. The van der Waals surface area contributed by atoms with E-state index in [1.165, 1.54) is 38.5 Å². The molecule has 2 aliphatic rings. The molecule has 172 valence electrons. The minimum absolute atomic E-state index is 0.0657. The first-order valence-corrected chi connectivity index (χ1v) is 12.2. The highest BCUT2D eigenvalue weighted by atomic mass is 19.2. The number of esters is 1. The van der Waals surface area contributed by atoms with Gasteiger partial charge in [0, 0.05) is 0 Å². The van der Waals surface area contributed by atoms with E-state index in [0.29, 0.717) is 16.5 Å². The predicted octanol–water partition coefficient (Wildman–Crippen LogP) is 7.99. The van der Waals surface area contributed by atoms with Crippen LogP contribution in [0.2, 0.25) is 0 Å². The molecular weight excluding hydrogens is 406 g/mol. The van der Waals surface area contributed by atoms with Crippen LogP contribution in [0.25, 0.3) is 10.8 Å². The number of carbonyl (C=O) groups excluding carboxylic acids is 1. The van der Waals surface area contributed by atoms with E-state index in [4.69, 9.17) is 4.74 Å². The Bertz CT molecular complexity index is 951. The van der Waals surface area contributed by atoms with Gasteiger partial charge in [-0.05, 0) is 111 Å². The number of fused-ring (bicyclic) bond motifs is 1. The van der Waals surface area contributed by atoms with E-state index < -0.39 is 11.6 Å². The summed E-state index contributed by atoms with van der Waals surface area (Å²) in [4.78, 5) is 12.7. The topological polar surface area (TPSA) is 26.3 Å². The lowest BCUT2D eigenvalue weighted by molar-refractivity contribution is -0.140. The van der Waals surface area contributed by atoms with Crippen LogP contribution in [0.1, 0.15) is 71.1 Å². The molecule has 2 saturated carbocycles. The van der Waals surface area contributed by atoms with Crippen molar-refractivity contribution in [3.8, 4) is 5.75 Å². The smallest absolute Gasteiger partial charge is 0.314 e. The van der Waals surface area contributed by atoms with Gasteiger partial charge in [0.05, 0.1) is 5.92 Å². The maximum absolute atomic E-state index is 13.5. The van der Waals surface area contributed by atoms with Crippen molar-refractivity contribution in [1.82, 2.24) is 0 Å². The van der Waals surface area contributed by atoms with Gasteiger partial charge in [-0.3, -0.25) is 4.79 Å². The largest absolute Gasteiger partial charge is 0.426 e. The first-order valence-electron chi connectivity index (χ1n) is 12.2. The zero-order valence-electron chi connectivity index (χ0n) is 19.0. The molecule has 0 N–H and O–H groups in total. The zero-order valence-corrected chi connectivity index (χ0v) is 19.0. The van der Waals surface area contributed by atoms with Crippen molar-refractivity contribution < 1.29 is 18.3 Å². The molecule has 0 saturated heterocycles. The number of halogens is 2. The Hall–Kier alpha value is -2.23. The second kappa shape index (κ2) is 10.6. The Balaban J connectivity index is 1.25. The van der Waals surface area contributed by atoms with Gasteiger partial charge in [0.1, 0.15) is 5.75 Å². The number of rotatable bonds is 6. The van der Waals surface area contributed by atoms with E-state index in [0.717, 1.165) is 55.6 Å². The number of hydrogen-bond acceptors (Lipinski definition) is 2. The molecule has 2 aromatic rings. The first kappa shape index (κ1) is 22.9. The minimum Gasteiger partial charge on any atom is -0.426 e. The summed E-state index contributed by atoms with van der Waals surface area (Å²) in [5.41, 5.74) is 0. The fourth-order valence-electron chi connectivity index (χ4n) is 5.76. The van der Waals surface area contributed by atoms with Crippen molar-refractivity contribution in [2.75, 3.05) is 0 Å². The van der Waals surface area contributed by atoms with Crippen molar-refractivity contribution in [2.24, 2.45) is 23.7 Å². The van der Waals surface area contributed by atoms with Crippen LogP contribution < -0.4 is 4.74 Å². The van der Waals surface area contributed by atoms with Gasteiger partial charge >= 0.3 is 5.97 Å². The lowest BCUT2D eigenvalue weighted by Crippen LogP contribution is -2.30. The highest BCUT2D eigenvalue weighted by Crippen LogP contribution is 2.42. The number of allylic oxidation sites excluding steroid dienone is 2. The lowest BCUT2D eigenvalue weighted by atomic mass is 9.68. The summed E-state index contributed by atoms with van der Waals surface area (Å²) in [6.07, 6.45) is 16.4. The van der Waals surface area contributed by atoms with Gasteiger partial charge in [0.25, 0.3) is 0 Å². The summed E-state index contributed by atoms with van der Waals surface area (Å²) in [5, 5.41) is 1.11. The number of hydrogen-bond donors (Lipinski definition) is 0. The third-order valence-corrected chi connectivity index (χ3v) is 7.71. The fraction of sp³-hybridized carbons (Fsp3) is 0.536. The first-order chi connectivity index (χ1) is 15.5. The van der Waals surface area contributed by atoms with Gasteiger partial charge < -0.3 is 4.74 Å². The van der Waals surface area contributed by atoms with E-state index >= 15 is 0 Å². The van der Waals surface area contributed by atoms with Crippen molar-refractivity contribution in [2.45, 2.75) is 71.1 Å². The molecule has 32 heavy (non-hydrogen) atoms. The Morgan fingerprint density at radius 2 is 1.53 bits per heavy atom. The fourth-order valence-corrected chi connectivity index (χ4v) is 5.76. The summed E-state index contributed by atoms with van der Waals surface area (Å²) >= 11 is 0. The predicted molar refractivity (Wildman–Crippen MR) is 124 cm³/mol. The quantitative estimate of drug-likeness (QED) is 0.258. The Morgan fingerprint density at radius 1 is 0.906 bits per heavy atom. The van der Waals surface area contributed by atoms with Crippen LogP contribution in [-0.2, 0) is 4.79 Å². The van der Waals surface area contributed by atoms with E-state index in [1.807, 2.05) is 0 Å². The minimum atomic E-state index is -0.897. The van der Waals surface area contributed by atoms with Crippen LogP contribution in [0.4, 0.5) is 8.78 Å². The highest BCUT2D eigenvalue weighted by Gasteiger charge is 2.33. The molecule has 0 unspecified atom stereocenters. The van der Waals surface area contributed by atoms with Gasteiger partial charge in [-0.2, -0.15) is 0 Å². The molecule has 0 spiro atoms. The van der Waals surface area contributed by atoms with Crippen LogP contribution in [0.5, 0.6) is 5.75 Å². The molecule has 4 heteroatoms. The summed E-state index contributed by atoms with van der Waals surface area (Å²) in [6, 6.07) is 7.22. The Morgan fingerprint density at radius 3 is 2.19 bits per heavy atom. The second-order valence-electron chi connectivity index (χ2n) is 9.74. The molecule has 0 atom stereocenters. The molecule has 2 fully saturated rings. The third-order valence-electron chi connectivity index (χ3n) is 7.71. The van der Waals surface area contributed by atoms with Crippen LogP contribution in [0.15, 0.2) is 42.5 Å². The van der Waals surface area contributed by atoms with Gasteiger partial charge in [-0.25, -0.2) is 8.78 Å². The van der Waals surface area contributed by atoms with Crippen molar-refractivity contribution in [1.29, 1.82) is 0 Å². The van der Waals surface area contributed by atoms with E-state index in [1.54, 1.807) is 18.2 Å². The molecular formula is C28H34F2O2. The molecule has 2 aliphatic carbocycles. The van der Waals surface area contributed by atoms with Gasteiger partial charge in [0.15, 0.2) is 11.6 Å². The average molecular weight is 441 g/mol. The number of ether oxygens (including phenoxy) is 1. The summed E-state index contributed by atoms with van der Waals surface area (Å²) < 4.78 is 32.5. The average Bonchev–Trinajstić information content (AvgIpc) is 2.81. The van der Waals surface area contributed by atoms with E-state index in [9.17, 15) is 13.6 Å². The van der Waals surface area contributed by atoms with Crippen molar-refractivity contribution in [3.63, 3.8) is 0 Å². The standard InChI is InChI=1S/C28H34F2O2/c1-2-3-4-5-19-6-8-20(9-7-19)21-10-12-22(13-11-21)28(31)32-25-15-14-23-17-26(29)27(30)18-24(23)16-25/h2-3,14-22H,4-13H2,1H3/b3-2+. The maximum Gasteiger partial charge on any atom is 0.314 e. The SMILES string of the molecule is C/C=C/CCC1CCC(C2CCC(C(=O)Oc3ccc4cc(F)c(F)cc4c3)CC2)CC1. The Kier molecular flexibility index (Phi) is 7.59. The monoisotopic (exact) mass is 440 g/mol. The molecule has 4 rings (SSSR count). The molecule has 2 nitrogen and oxygen atoms in total.